The van der Waals surface area contributed by atoms with E-state index in [9.17, 15) is 0 Å². The second kappa shape index (κ2) is 5.56. The molecule has 5 rings (SSSR count). The zero-order chi connectivity index (χ0) is 16.6. The maximum atomic E-state index is 4.69. The first-order valence-electron chi connectivity index (χ1n) is 8.28. The lowest BCUT2D eigenvalue weighted by Gasteiger charge is -2.11. The predicted molar refractivity (Wildman–Crippen MR) is 101 cm³/mol. The molecule has 0 radical (unpaired) electrons. The number of nitrogens with zero attached hydrogens (tertiary/aromatic N) is 3. The van der Waals surface area contributed by atoms with Crippen molar-refractivity contribution in [3.8, 4) is 22.3 Å². The average Bonchev–Trinajstić information content (AvgIpc) is 3.06. The zero-order valence-corrected chi connectivity index (χ0v) is 13.5. The van der Waals surface area contributed by atoms with Gasteiger partial charge in [-0.25, -0.2) is 9.97 Å². The second-order valence-electron chi connectivity index (χ2n) is 6.02. The Morgan fingerprint density at radius 1 is 0.680 bits per heavy atom. The molecule has 2 aromatic heterocycles. The van der Waals surface area contributed by atoms with Gasteiger partial charge in [-0.3, -0.25) is 4.40 Å². The summed E-state index contributed by atoms with van der Waals surface area (Å²) in [5.74, 6) is 0.724. The minimum Gasteiger partial charge on any atom is -0.284 e. The van der Waals surface area contributed by atoms with Crippen molar-refractivity contribution >= 4 is 16.8 Å². The van der Waals surface area contributed by atoms with Crippen molar-refractivity contribution in [2.24, 2.45) is 0 Å². The Kier molecular flexibility index (Phi) is 3.10. The summed E-state index contributed by atoms with van der Waals surface area (Å²) >= 11 is 0. The summed E-state index contributed by atoms with van der Waals surface area (Å²) in [7, 11) is 0. The van der Waals surface area contributed by atoms with Gasteiger partial charge in [-0.1, -0.05) is 60.7 Å². The Hall–Kier alpha value is -3.46. The molecule has 0 unspecified atom stereocenters. The largest absolute Gasteiger partial charge is 0.284 e. The van der Waals surface area contributed by atoms with Crippen LogP contribution in [0.4, 0.5) is 0 Å². The second-order valence-corrected chi connectivity index (χ2v) is 6.02. The van der Waals surface area contributed by atoms with E-state index in [0.717, 1.165) is 16.8 Å². The molecule has 0 aliphatic rings. The molecule has 0 fully saturated rings. The van der Waals surface area contributed by atoms with Crippen LogP contribution in [-0.4, -0.2) is 14.4 Å². The van der Waals surface area contributed by atoms with E-state index in [4.69, 9.17) is 0 Å². The van der Waals surface area contributed by atoms with E-state index < -0.39 is 0 Å². The maximum absolute atomic E-state index is 4.69. The fraction of sp³-hybridized carbons (Fsp3) is 0. The van der Waals surface area contributed by atoms with Crippen LogP contribution in [0.5, 0.6) is 0 Å². The van der Waals surface area contributed by atoms with E-state index >= 15 is 0 Å². The molecule has 0 aliphatic carbocycles. The highest BCUT2D eigenvalue weighted by Gasteiger charge is 2.13. The average molecular weight is 321 g/mol. The summed E-state index contributed by atoms with van der Waals surface area (Å²) in [6, 6.07) is 27.3. The molecular weight excluding hydrogens is 306 g/mol. The Bertz CT molecular complexity index is 1180. The van der Waals surface area contributed by atoms with E-state index in [1.165, 1.54) is 22.3 Å². The van der Waals surface area contributed by atoms with Gasteiger partial charge in [-0.2, -0.15) is 0 Å². The monoisotopic (exact) mass is 321 g/mol. The van der Waals surface area contributed by atoms with E-state index in [1.807, 2.05) is 28.8 Å². The molecule has 0 saturated carbocycles. The van der Waals surface area contributed by atoms with E-state index in [-0.39, 0.29) is 0 Å². The van der Waals surface area contributed by atoms with Crippen LogP contribution in [0, 0.1) is 0 Å². The number of benzene rings is 3. The van der Waals surface area contributed by atoms with Gasteiger partial charge in [0, 0.05) is 12.4 Å². The number of hydrogen-bond acceptors (Lipinski definition) is 2. The normalized spacial score (nSPS) is 11.2. The maximum Gasteiger partial charge on any atom is 0.234 e. The fourth-order valence-corrected chi connectivity index (χ4v) is 3.31. The van der Waals surface area contributed by atoms with Crippen molar-refractivity contribution in [2.75, 3.05) is 0 Å². The summed E-state index contributed by atoms with van der Waals surface area (Å²) in [6.45, 7) is 0. The van der Waals surface area contributed by atoms with Crippen LogP contribution in [0.25, 0.3) is 39.1 Å². The number of rotatable bonds is 2. The van der Waals surface area contributed by atoms with Crippen molar-refractivity contribution in [3.63, 3.8) is 0 Å². The summed E-state index contributed by atoms with van der Waals surface area (Å²) in [5.41, 5.74) is 6.79. The molecule has 2 heterocycles. The predicted octanol–water partition coefficient (Wildman–Crippen LogP) is 5.22. The van der Waals surface area contributed by atoms with E-state index in [0.29, 0.717) is 0 Å². The van der Waals surface area contributed by atoms with Crippen molar-refractivity contribution in [3.05, 3.63) is 91.3 Å². The van der Waals surface area contributed by atoms with Crippen LogP contribution in [0.1, 0.15) is 0 Å². The molecule has 0 aliphatic heterocycles. The smallest absolute Gasteiger partial charge is 0.234 e. The van der Waals surface area contributed by atoms with Gasteiger partial charge in [0.1, 0.15) is 0 Å². The molecule has 0 atom stereocenters. The van der Waals surface area contributed by atoms with Crippen molar-refractivity contribution < 1.29 is 0 Å². The highest BCUT2D eigenvalue weighted by Crippen LogP contribution is 2.35. The Labute approximate surface area is 145 Å². The van der Waals surface area contributed by atoms with Gasteiger partial charge in [0.2, 0.25) is 5.78 Å². The van der Waals surface area contributed by atoms with Gasteiger partial charge < -0.3 is 0 Å². The molecule has 5 aromatic rings. The van der Waals surface area contributed by atoms with Gasteiger partial charge >= 0.3 is 0 Å². The van der Waals surface area contributed by atoms with Gasteiger partial charge in [-0.05, 0) is 40.5 Å². The van der Waals surface area contributed by atoms with Crippen LogP contribution in [-0.2, 0) is 0 Å². The molecule has 25 heavy (non-hydrogen) atoms. The third-order valence-corrected chi connectivity index (χ3v) is 4.49. The van der Waals surface area contributed by atoms with Crippen LogP contribution >= 0.6 is 0 Å². The molecule has 0 amide bonds. The summed E-state index contributed by atoms with van der Waals surface area (Å²) in [5, 5.41) is 0. The van der Waals surface area contributed by atoms with Gasteiger partial charge in [0.25, 0.3) is 0 Å². The topological polar surface area (TPSA) is 30.2 Å². The van der Waals surface area contributed by atoms with Crippen LogP contribution in [0.3, 0.4) is 0 Å². The SMILES string of the molecule is c1ccc(-c2cc3nc4ncccn4c3cc2-c2ccccc2)cc1. The molecule has 118 valence electrons. The molecular formula is C22H15N3. The third-order valence-electron chi connectivity index (χ3n) is 4.49. The fourth-order valence-electron chi connectivity index (χ4n) is 3.31. The lowest BCUT2D eigenvalue weighted by molar-refractivity contribution is 1.13. The first-order valence-corrected chi connectivity index (χ1v) is 8.28. The van der Waals surface area contributed by atoms with Crippen LogP contribution in [0.2, 0.25) is 0 Å². The first-order chi connectivity index (χ1) is 12.4. The van der Waals surface area contributed by atoms with Gasteiger partial charge in [0.15, 0.2) is 0 Å². The van der Waals surface area contributed by atoms with Crippen molar-refractivity contribution in [2.45, 2.75) is 0 Å². The van der Waals surface area contributed by atoms with E-state index in [1.54, 1.807) is 6.20 Å². The van der Waals surface area contributed by atoms with Crippen LogP contribution < -0.4 is 0 Å². The quantitative estimate of drug-likeness (QED) is 0.446. The minimum absolute atomic E-state index is 0.724. The van der Waals surface area contributed by atoms with Crippen molar-refractivity contribution in [1.29, 1.82) is 0 Å². The summed E-state index contributed by atoms with van der Waals surface area (Å²) in [6.07, 6.45) is 3.78. The molecule has 0 N–H and O–H groups in total. The molecule has 3 heteroatoms. The highest BCUT2D eigenvalue weighted by atomic mass is 15.1. The first kappa shape index (κ1) is 13.9. The number of aromatic nitrogens is 3. The number of fused-ring (bicyclic) bond motifs is 3. The van der Waals surface area contributed by atoms with E-state index in [2.05, 4.69) is 70.6 Å². The lowest BCUT2D eigenvalue weighted by Crippen LogP contribution is -1.88. The van der Waals surface area contributed by atoms with Crippen molar-refractivity contribution in [1.82, 2.24) is 14.4 Å². The Morgan fingerprint density at radius 2 is 1.32 bits per heavy atom. The Balaban J connectivity index is 1.89. The molecule has 3 nitrogen and oxygen atoms in total. The highest BCUT2D eigenvalue weighted by molar-refractivity contribution is 5.94. The number of hydrogen-bond donors (Lipinski definition) is 0. The summed E-state index contributed by atoms with van der Waals surface area (Å²) < 4.78 is 2.04. The summed E-state index contributed by atoms with van der Waals surface area (Å²) in [4.78, 5) is 9.06. The zero-order valence-electron chi connectivity index (χ0n) is 13.5. The molecule has 0 saturated heterocycles. The third kappa shape index (κ3) is 2.29. The lowest BCUT2D eigenvalue weighted by atomic mass is 9.94. The molecule has 3 aromatic carbocycles. The Morgan fingerprint density at radius 3 is 2.00 bits per heavy atom. The van der Waals surface area contributed by atoms with Gasteiger partial charge in [0.05, 0.1) is 11.0 Å². The number of imidazole rings is 1. The standard InChI is InChI=1S/C22H15N3/c1-3-8-16(9-4-1)18-14-20-21(25-13-7-12-23-22(25)24-20)15-19(18)17-10-5-2-6-11-17/h1-15H. The van der Waals surface area contributed by atoms with Gasteiger partial charge in [-0.15, -0.1) is 0 Å². The molecule has 0 bridgehead atoms. The minimum atomic E-state index is 0.724. The molecule has 0 spiro atoms. The van der Waals surface area contributed by atoms with Crippen LogP contribution in [0.15, 0.2) is 91.3 Å².